The van der Waals surface area contributed by atoms with E-state index in [9.17, 15) is 0 Å². The van der Waals surface area contributed by atoms with E-state index in [0.717, 1.165) is 17.0 Å². The van der Waals surface area contributed by atoms with E-state index in [1.54, 1.807) is 6.20 Å². The van der Waals surface area contributed by atoms with E-state index in [-0.39, 0.29) is 2.85 Å². The molecule has 0 saturated carbocycles. The molecular formula is C11H24N2. The van der Waals surface area contributed by atoms with Crippen LogP contribution in [0.15, 0.2) is 41.3 Å². The van der Waals surface area contributed by atoms with Crippen LogP contribution in [0.3, 0.4) is 0 Å². The second kappa shape index (κ2) is 8.78. The molecule has 0 atom stereocenters. The molecule has 0 aromatic heterocycles. The fourth-order valence-electron chi connectivity index (χ4n) is 0.514. The number of hydrogen-bond donors (Lipinski definition) is 1. The van der Waals surface area contributed by atoms with Crippen LogP contribution in [0.25, 0.3) is 0 Å². The Kier molecular flexibility index (Phi) is 9.61. The van der Waals surface area contributed by atoms with E-state index in [2.05, 4.69) is 30.2 Å². The Morgan fingerprint density at radius 2 is 1.77 bits per heavy atom. The lowest BCUT2D eigenvalue weighted by Crippen LogP contribution is -2.09. The van der Waals surface area contributed by atoms with Gasteiger partial charge in [0.25, 0.3) is 0 Å². The van der Waals surface area contributed by atoms with E-state index in [4.69, 9.17) is 0 Å². The highest BCUT2D eigenvalue weighted by Gasteiger charge is 1.92. The number of nitrogens with one attached hydrogen (secondary N) is 1. The van der Waals surface area contributed by atoms with Crippen LogP contribution in [0.4, 0.5) is 0 Å². The third-order valence-electron chi connectivity index (χ3n) is 1.15. The quantitative estimate of drug-likeness (QED) is 0.522. The van der Waals surface area contributed by atoms with Crippen molar-refractivity contribution in [2.24, 2.45) is 4.99 Å². The van der Waals surface area contributed by atoms with Gasteiger partial charge in [-0.25, -0.2) is 0 Å². The number of aliphatic imine (C=N–C) groups is 1. The van der Waals surface area contributed by atoms with Crippen LogP contribution in [-0.2, 0) is 0 Å². The average Bonchev–Trinajstić information content (AvgIpc) is 2.08. The normalized spacial score (nSPS) is 9.38. The smallest absolute Gasteiger partial charge is 0.0450 e. The minimum absolute atomic E-state index is 0. The minimum Gasteiger partial charge on any atom is -0.358 e. The Balaban J connectivity index is -0.000000142. The highest BCUT2D eigenvalue weighted by Crippen LogP contribution is 2.01. The van der Waals surface area contributed by atoms with Crippen molar-refractivity contribution < 1.29 is 2.85 Å². The van der Waals surface area contributed by atoms with Crippen LogP contribution in [0.1, 0.15) is 30.5 Å². The van der Waals surface area contributed by atoms with Gasteiger partial charge in [-0.05, 0) is 26.1 Å². The molecule has 0 aromatic carbocycles. The van der Waals surface area contributed by atoms with E-state index >= 15 is 0 Å². The molecule has 0 aromatic rings. The van der Waals surface area contributed by atoms with E-state index < -0.39 is 0 Å². The van der Waals surface area contributed by atoms with Crippen molar-refractivity contribution in [3.05, 3.63) is 36.3 Å². The molecule has 0 unspecified atom stereocenters. The molecule has 0 amide bonds. The van der Waals surface area contributed by atoms with Gasteiger partial charge >= 0.3 is 0 Å². The van der Waals surface area contributed by atoms with Crippen molar-refractivity contribution in [3.8, 4) is 0 Å². The molecule has 2 nitrogen and oxygen atoms in total. The van der Waals surface area contributed by atoms with Crippen LogP contribution >= 0.6 is 0 Å². The maximum Gasteiger partial charge on any atom is 0.0450 e. The standard InChI is InChI=1S/C9H14N2.C2H6.2H2/c1-7(2)9(4)11-8(3)6-10-5;1-2;;/h6,11H,1,4-5H2,2-3H3;1-2H3;2*1H/b8-6+;;;. The topological polar surface area (TPSA) is 24.4 Å². The Bertz CT molecular complexity index is 221. The summed E-state index contributed by atoms with van der Waals surface area (Å²) in [6.07, 6.45) is 1.63. The third kappa shape index (κ3) is 8.60. The number of allylic oxidation sites excluding steroid dienone is 2. The first kappa shape index (κ1) is 14.2. The monoisotopic (exact) mass is 184 g/mol. The Morgan fingerprint density at radius 1 is 1.31 bits per heavy atom. The van der Waals surface area contributed by atoms with E-state index in [0.29, 0.717) is 0 Å². The van der Waals surface area contributed by atoms with Gasteiger partial charge < -0.3 is 5.32 Å². The molecule has 13 heavy (non-hydrogen) atoms. The van der Waals surface area contributed by atoms with Crippen molar-refractivity contribution in [1.82, 2.24) is 5.32 Å². The molecule has 78 valence electrons. The number of nitrogens with zero attached hydrogens (tertiary/aromatic N) is 1. The predicted molar refractivity (Wildman–Crippen MR) is 66.0 cm³/mol. The fraction of sp³-hybridized carbons (Fsp3) is 0.364. The van der Waals surface area contributed by atoms with Crippen molar-refractivity contribution in [1.29, 1.82) is 0 Å². The Labute approximate surface area is 84.7 Å². The minimum atomic E-state index is 0. The van der Waals surface area contributed by atoms with E-state index in [1.807, 2.05) is 27.7 Å². The number of hydrogen-bond acceptors (Lipinski definition) is 2. The van der Waals surface area contributed by atoms with Crippen molar-refractivity contribution >= 4 is 6.72 Å². The molecule has 0 aliphatic rings. The summed E-state index contributed by atoms with van der Waals surface area (Å²) in [6.45, 7) is 18.6. The molecule has 0 rings (SSSR count). The second-order valence-electron chi connectivity index (χ2n) is 2.38. The summed E-state index contributed by atoms with van der Waals surface area (Å²) in [7, 11) is 0. The molecule has 0 aliphatic heterocycles. The highest BCUT2D eigenvalue weighted by molar-refractivity contribution is 5.28. The first-order valence-electron chi connectivity index (χ1n) is 4.32. The molecule has 0 bridgehead atoms. The van der Waals surface area contributed by atoms with Gasteiger partial charge in [0.15, 0.2) is 0 Å². The molecule has 0 fully saturated rings. The predicted octanol–water partition coefficient (Wildman–Crippen LogP) is 3.75. The highest BCUT2D eigenvalue weighted by atomic mass is 14.9. The zero-order valence-electron chi connectivity index (χ0n) is 9.15. The van der Waals surface area contributed by atoms with Gasteiger partial charge in [0, 0.05) is 20.4 Å². The summed E-state index contributed by atoms with van der Waals surface area (Å²) in [5, 5.41) is 3.01. The summed E-state index contributed by atoms with van der Waals surface area (Å²) in [5.41, 5.74) is 2.64. The van der Waals surface area contributed by atoms with Gasteiger partial charge in [-0.15, -0.1) is 0 Å². The van der Waals surface area contributed by atoms with Gasteiger partial charge in [-0.2, -0.15) is 0 Å². The van der Waals surface area contributed by atoms with Crippen molar-refractivity contribution in [2.75, 3.05) is 0 Å². The maximum atomic E-state index is 3.76. The summed E-state index contributed by atoms with van der Waals surface area (Å²) in [6, 6.07) is 0. The average molecular weight is 184 g/mol. The molecule has 0 heterocycles. The van der Waals surface area contributed by atoms with Crippen LogP contribution in [0.2, 0.25) is 0 Å². The number of rotatable bonds is 4. The third-order valence-corrected chi connectivity index (χ3v) is 1.15. The van der Waals surface area contributed by atoms with Crippen molar-refractivity contribution in [3.63, 3.8) is 0 Å². The molecular weight excluding hydrogens is 160 g/mol. The van der Waals surface area contributed by atoms with Gasteiger partial charge in [0.05, 0.1) is 0 Å². The second-order valence-corrected chi connectivity index (χ2v) is 2.38. The summed E-state index contributed by atoms with van der Waals surface area (Å²) >= 11 is 0. The molecule has 0 spiro atoms. The summed E-state index contributed by atoms with van der Waals surface area (Å²) in [4.78, 5) is 3.60. The largest absolute Gasteiger partial charge is 0.358 e. The van der Waals surface area contributed by atoms with Crippen LogP contribution in [-0.4, -0.2) is 6.72 Å². The lowest BCUT2D eigenvalue weighted by molar-refractivity contribution is 0.977. The zero-order chi connectivity index (χ0) is 10.9. The van der Waals surface area contributed by atoms with Gasteiger partial charge in [-0.3, -0.25) is 4.99 Å². The molecule has 0 saturated heterocycles. The maximum absolute atomic E-state index is 3.76. The first-order valence-corrected chi connectivity index (χ1v) is 4.32. The molecule has 1 N–H and O–H groups in total. The van der Waals surface area contributed by atoms with Crippen LogP contribution < -0.4 is 5.32 Å². The molecule has 2 heteroatoms. The van der Waals surface area contributed by atoms with Crippen molar-refractivity contribution in [2.45, 2.75) is 27.7 Å². The van der Waals surface area contributed by atoms with Crippen LogP contribution in [0, 0.1) is 0 Å². The molecule has 0 aliphatic carbocycles. The zero-order valence-corrected chi connectivity index (χ0v) is 9.15. The summed E-state index contributed by atoms with van der Waals surface area (Å²) in [5.74, 6) is 0. The van der Waals surface area contributed by atoms with Gasteiger partial charge in [-0.1, -0.05) is 27.0 Å². The van der Waals surface area contributed by atoms with Gasteiger partial charge in [0.1, 0.15) is 0 Å². The first-order chi connectivity index (χ1) is 6.07. The summed E-state index contributed by atoms with van der Waals surface area (Å²) < 4.78 is 0. The van der Waals surface area contributed by atoms with Gasteiger partial charge in [0.2, 0.25) is 0 Å². The SMILES string of the molecule is C=N/C=C(\C)NC(=C)C(=C)C.CC.[HH].[HH]. The molecule has 0 radical (unpaired) electrons. The fourth-order valence-corrected chi connectivity index (χ4v) is 0.514. The van der Waals surface area contributed by atoms with E-state index in [1.165, 1.54) is 0 Å². The lowest BCUT2D eigenvalue weighted by atomic mass is 10.2. The lowest BCUT2D eigenvalue weighted by Gasteiger charge is -2.07. The Morgan fingerprint density at radius 3 is 2.08 bits per heavy atom. The van der Waals surface area contributed by atoms with Crippen LogP contribution in [0.5, 0.6) is 0 Å². The Hall–Kier alpha value is -1.31.